The second-order valence-electron chi connectivity index (χ2n) is 8.34. The van der Waals surface area contributed by atoms with Crippen LogP contribution in [0.25, 0.3) is 11.3 Å². The van der Waals surface area contributed by atoms with E-state index in [2.05, 4.69) is 33.8 Å². The number of likely N-dealkylation sites (tertiary alicyclic amines) is 1. The van der Waals surface area contributed by atoms with Crippen LogP contribution >= 0.6 is 0 Å². The van der Waals surface area contributed by atoms with Crippen molar-refractivity contribution in [1.29, 1.82) is 0 Å². The summed E-state index contributed by atoms with van der Waals surface area (Å²) in [6.07, 6.45) is 8.07. The fourth-order valence-corrected chi connectivity index (χ4v) is 3.81. The SMILES string of the molecule is CC(C)(C)OC(=O)N1CCCC1c1ccccc1-c1cncn1C1CC1. The van der Waals surface area contributed by atoms with Gasteiger partial charge >= 0.3 is 6.09 Å². The highest BCUT2D eigenvalue weighted by molar-refractivity contribution is 5.71. The van der Waals surface area contributed by atoms with Gasteiger partial charge in [0.25, 0.3) is 0 Å². The van der Waals surface area contributed by atoms with Crippen LogP contribution in [0.5, 0.6) is 0 Å². The van der Waals surface area contributed by atoms with Crippen molar-refractivity contribution in [3.63, 3.8) is 0 Å². The summed E-state index contributed by atoms with van der Waals surface area (Å²) in [6.45, 7) is 6.49. The van der Waals surface area contributed by atoms with Crippen LogP contribution in [0, 0.1) is 0 Å². The van der Waals surface area contributed by atoms with Crippen molar-refractivity contribution in [2.45, 2.75) is 64.1 Å². The molecule has 1 aromatic heterocycles. The molecule has 26 heavy (non-hydrogen) atoms. The summed E-state index contributed by atoms with van der Waals surface area (Å²) < 4.78 is 7.93. The van der Waals surface area contributed by atoms with Crippen molar-refractivity contribution in [3.05, 3.63) is 42.4 Å². The Morgan fingerprint density at radius 3 is 2.69 bits per heavy atom. The van der Waals surface area contributed by atoms with Gasteiger partial charge in [-0.25, -0.2) is 9.78 Å². The Morgan fingerprint density at radius 2 is 1.96 bits per heavy atom. The average Bonchev–Trinajstić information content (AvgIpc) is 3.11. The average molecular weight is 353 g/mol. The zero-order valence-corrected chi connectivity index (χ0v) is 15.8. The Balaban J connectivity index is 1.67. The molecule has 2 fully saturated rings. The van der Waals surface area contributed by atoms with E-state index in [-0.39, 0.29) is 12.1 Å². The van der Waals surface area contributed by atoms with Crippen LogP contribution in [0.3, 0.4) is 0 Å². The van der Waals surface area contributed by atoms with E-state index in [1.165, 1.54) is 24.0 Å². The van der Waals surface area contributed by atoms with E-state index in [1.807, 2.05) is 38.2 Å². The molecule has 1 aliphatic heterocycles. The maximum atomic E-state index is 12.7. The Hall–Kier alpha value is -2.30. The maximum absolute atomic E-state index is 12.7. The van der Waals surface area contributed by atoms with Crippen molar-refractivity contribution >= 4 is 6.09 Å². The summed E-state index contributed by atoms with van der Waals surface area (Å²) in [5, 5.41) is 0. The third-order valence-corrected chi connectivity index (χ3v) is 5.08. The molecule has 1 unspecified atom stereocenters. The number of aromatic nitrogens is 2. The number of hydrogen-bond donors (Lipinski definition) is 0. The van der Waals surface area contributed by atoms with Gasteiger partial charge in [-0.05, 0) is 52.0 Å². The normalized spacial score (nSPS) is 20.4. The smallest absolute Gasteiger partial charge is 0.410 e. The summed E-state index contributed by atoms with van der Waals surface area (Å²) in [5.41, 5.74) is 3.05. The number of benzene rings is 1. The third-order valence-electron chi connectivity index (χ3n) is 5.08. The second-order valence-corrected chi connectivity index (χ2v) is 8.34. The van der Waals surface area contributed by atoms with Gasteiger partial charge in [-0.3, -0.25) is 0 Å². The topological polar surface area (TPSA) is 47.4 Å². The van der Waals surface area contributed by atoms with Crippen LogP contribution in [0.1, 0.15) is 64.1 Å². The lowest BCUT2D eigenvalue weighted by atomic mass is 9.96. The van der Waals surface area contributed by atoms with Gasteiger partial charge in [0.05, 0.1) is 24.3 Å². The highest BCUT2D eigenvalue weighted by Gasteiger charge is 2.35. The number of hydrogen-bond acceptors (Lipinski definition) is 3. The number of carbonyl (C=O) groups is 1. The lowest BCUT2D eigenvalue weighted by Crippen LogP contribution is -2.36. The molecule has 0 spiro atoms. The first-order valence-corrected chi connectivity index (χ1v) is 9.55. The van der Waals surface area contributed by atoms with Gasteiger partial charge in [-0.2, -0.15) is 0 Å². The molecule has 0 bridgehead atoms. The zero-order valence-electron chi connectivity index (χ0n) is 15.8. The Kier molecular flexibility index (Phi) is 4.25. The van der Waals surface area contributed by atoms with Crippen LogP contribution in [-0.2, 0) is 4.74 Å². The summed E-state index contributed by atoms with van der Waals surface area (Å²) in [4.78, 5) is 19.0. The summed E-state index contributed by atoms with van der Waals surface area (Å²) in [5.74, 6) is 0. The minimum atomic E-state index is -0.478. The molecule has 1 saturated heterocycles. The molecule has 1 atom stereocenters. The summed E-state index contributed by atoms with van der Waals surface area (Å²) in [6, 6.07) is 9.05. The van der Waals surface area contributed by atoms with E-state index < -0.39 is 5.60 Å². The van der Waals surface area contributed by atoms with Crippen molar-refractivity contribution in [2.24, 2.45) is 0 Å². The van der Waals surface area contributed by atoms with Crippen molar-refractivity contribution < 1.29 is 9.53 Å². The minimum Gasteiger partial charge on any atom is -0.444 e. The first kappa shape index (κ1) is 17.1. The Morgan fingerprint density at radius 1 is 1.19 bits per heavy atom. The molecule has 0 N–H and O–H groups in total. The van der Waals surface area contributed by atoms with Crippen LogP contribution in [0.2, 0.25) is 0 Å². The molecular formula is C21H27N3O2. The minimum absolute atomic E-state index is 0.0589. The van der Waals surface area contributed by atoms with E-state index in [0.29, 0.717) is 6.04 Å². The van der Waals surface area contributed by atoms with Crippen molar-refractivity contribution in [1.82, 2.24) is 14.5 Å². The van der Waals surface area contributed by atoms with Crippen LogP contribution in [0.15, 0.2) is 36.8 Å². The molecule has 2 aliphatic rings. The number of imidazole rings is 1. The first-order chi connectivity index (χ1) is 12.4. The number of amides is 1. The van der Waals surface area contributed by atoms with Gasteiger partial charge in [0.1, 0.15) is 5.60 Å². The third kappa shape index (κ3) is 3.35. The fourth-order valence-electron chi connectivity index (χ4n) is 3.81. The van der Waals surface area contributed by atoms with E-state index in [1.54, 1.807) is 0 Å². The standard InChI is InChI=1S/C21H27N3O2/c1-21(2,3)26-20(25)23-12-6-9-18(23)16-7-4-5-8-17(16)19-13-22-14-24(19)15-10-11-15/h4-5,7-8,13-15,18H,6,9-12H2,1-3H3. The van der Waals surface area contributed by atoms with Crippen LogP contribution in [-0.4, -0.2) is 32.7 Å². The van der Waals surface area contributed by atoms with Gasteiger partial charge in [0.2, 0.25) is 0 Å². The predicted molar refractivity (Wildman–Crippen MR) is 101 cm³/mol. The molecule has 1 aromatic carbocycles. The largest absolute Gasteiger partial charge is 0.444 e. The quantitative estimate of drug-likeness (QED) is 0.784. The lowest BCUT2D eigenvalue weighted by Gasteiger charge is -2.30. The maximum Gasteiger partial charge on any atom is 0.410 e. The zero-order chi connectivity index (χ0) is 18.3. The summed E-state index contributed by atoms with van der Waals surface area (Å²) in [7, 11) is 0. The molecule has 1 aliphatic carbocycles. The highest BCUT2D eigenvalue weighted by atomic mass is 16.6. The van der Waals surface area contributed by atoms with Gasteiger partial charge in [0, 0.05) is 18.2 Å². The van der Waals surface area contributed by atoms with Crippen molar-refractivity contribution in [3.8, 4) is 11.3 Å². The highest BCUT2D eigenvalue weighted by Crippen LogP contribution is 2.42. The van der Waals surface area contributed by atoms with Gasteiger partial charge < -0.3 is 14.2 Å². The summed E-state index contributed by atoms with van der Waals surface area (Å²) >= 11 is 0. The molecule has 5 nitrogen and oxygen atoms in total. The molecule has 1 amide bonds. The van der Waals surface area contributed by atoms with Crippen LogP contribution < -0.4 is 0 Å². The molecule has 2 aromatic rings. The van der Waals surface area contributed by atoms with Crippen LogP contribution in [0.4, 0.5) is 4.79 Å². The van der Waals surface area contributed by atoms with E-state index in [9.17, 15) is 4.79 Å². The number of ether oxygens (including phenoxy) is 1. The fraction of sp³-hybridized carbons (Fsp3) is 0.524. The molecule has 5 heteroatoms. The van der Waals surface area contributed by atoms with Gasteiger partial charge in [-0.1, -0.05) is 24.3 Å². The molecule has 138 valence electrons. The monoisotopic (exact) mass is 353 g/mol. The molecular weight excluding hydrogens is 326 g/mol. The Labute approximate surface area is 155 Å². The molecule has 2 heterocycles. The predicted octanol–water partition coefficient (Wildman–Crippen LogP) is 4.96. The molecule has 0 radical (unpaired) electrons. The number of rotatable bonds is 3. The first-order valence-electron chi connectivity index (χ1n) is 9.55. The Bertz CT molecular complexity index is 802. The van der Waals surface area contributed by atoms with E-state index >= 15 is 0 Å². The van der Waals surface area contributed by atoms with E-state index in [0.717, 1.165) is 25.1 Å². The van der Waals surface area contributed by atoms with Crippen molar-refractivity contribution in [2.75, 3.05) is 6.54 Å². The molecule has 4 rings (SSSR count). The second kappa shape index (κ2) is 6.45. The number of nitrogens with zero attached hydrogens (tertiary/aromatic N) is 3. The lowest BCUT2D eigenvalue weighted by molar-refractivity contribution is 0.0225. The number of carbonyl (C=O) groups excluding carboxylic acids is 1. The van der Waals surface area contributed by atoms with Gasteiger partial charge in [0.15, 0.2) is 0 Å². The van der Waals surface area contributed by atoms with Gasteiger partial charge in [-0.15, -0.1) is 0 Å². The van der Waals surface area contributed by atoms with E-state index in [4.69, 9.17) is 4.74 Å². The molecule has 1 saturated carbocycles.